The smallest absolute Gasteiger partial charge is 0.289 e. The molecule has 0 amide bonds. The maximum Gasteiger partial charge on any atom is 0.289 e. The molecule has 29 heavy (non-hydrogen) atoms. The normalized spacial score (nSPS) is 16.0. The van der Waals surface area contributed by atoms with E-state index in [1.165, 1.54) is 8.99 Å². The van der Waals surface area contributed by atoms with Crippen LogP contribution in [0.1, 0.15) is 27.9 Å². The molecule has 1 aliphatic rings. The Hall–Kier alpha value is -2.54. The van der Waals surface area contributed by atoms with Crippen molar-refractivity contribution in [3.8, 4) is 6.07 Å². The van der Waals surface area contributed by atoms with Gasteiger partial charge in [-0.1, -0.05) is 12.1 Å². The van der Waals surface area contributed by atoms with Gasteiger partial charge < -0.3 is 4.90 Å². The van der Waals surface area contributed by atoms with Crippen LogP contribution in [-0.4, -0.2) is 48.7 Å². The monoisotopic (exact) mass is 416 g/mol. The van der Waals surface area contributed by atoms with Gasteiger partial charge in [-0.05, 0) is 50.5 Å². The minimum absolute atomic E-state index is 0.119. The molecule has 1 N–H and O–H groups in total. The Morgan fingerprint density at radius 1 is 1.17 bits per heavy atom. The molecule has 0 unspecified atom stereocenters. The second kappa shape index (κ2) is 8.06. The molecule has 9 heteroatoms. The number of nitriles is 1. The van der Waals surface area contributed by atoms with E-state index in [-0.39, 0.29) is 5.56 Å². The van der Waals surface area contributed by atoms with Gasteiger partial charge in [0.15, 0.2) is 6.67 Å². The molecule has 154 valence electrons. The molecule has 8 nitrogen and oxygen atoms in total. The molecule has 0 spiro atoms. The van der Waals surface area contributed by atoms with E-state index >= 15 is 0 Å². The highest BCUT2D eigenvalue weighted by Crippen LogP contribution is 2.21. The van der Waals surface area contributed by atoms with E-state index in [9.17, 15) is 18.5 Å². The summed E-state index contributed by atoms with van der Waals surface area (Å²) in [5, 5.41) is 13.6. The van der Waals surface area contributed by atoms with Crippen LogP contribution in [0.2, 0.25) is 0 Å². The van der Waals surface area contributed by atoms with Crippen LogP contribution in [-0.2, 0) is 16.7 Å². The predicted octanol–water partition coefficient (Wildman–Crippen LogP) is -0.104. The van der Waals surface area contributed by atoms with Crippen molar-refractivity contribution in [3.05, 3.63) is 56.5 Å². The summed E-state index contributed by atoms with van der Waals surface area (Å²) in [5.41, 5.74) is 2.62. The maximum absolute atomic E-state index is 13.1. The lowest BCUT2D eigenvalue weighted by Gasteiger charge is -2.31. The van der Waals surface area contributed by atoms with E-state index in [4.69, 9.17) is 0 Å². The second-order valence-corrected chi connectivity index (χ2v) is 9.49. The Kier molecular flexibility index (Phi) is 5.89. The van der Waals surface area contributed by atoms with E-state index in [2.05, 4.69) is 5.10 Å². The van der Waals surface area contributed by atoms with Gasteiger partial charge in [-0.2, -0.15) is 19.3 Å². The van der Waals surface area contributed by atoms with Crippen molar-refractivity contribution in [1.29, 1.82) is 5.26 Å². The number of aryl methyl sites for hydroxylation is 3. The van der Waals surface area contributed by atoms with Gasteiger partial charge in [0.2, 0.25) is 10.0 Å². The lowest BCUT2D eigenvalue weighted by Crippen LogP contribution is -3.14. The first-order chi connectivity index (χ1) is 13.6. The van der Waals surface area contributed by atoms with E-state index < -0.39 is 15.6 Å². The van der Waals surface area contributed by atoms with Crippen molar-refractivity contribution in [2.75, 3.05) is 26.2 Å². The average molecular weight is 417 g/mol. The fourth-order valence-corrected chi connectivity index (χ4v) is 5.30. The van der Waals surface area contributed by atoms with Crippen LogP contribution in [0.3, 0.4) is 0 Å². The molecule has 0 atom stereocenters. The lowest BCUT2D eigenvalue weighted by molar-refractivity contribution is -0.927. The quantitative estimate of drug-likeness (QED) is 0.750. The second-order valence-electron chi connectivity index (χ2n) is 7.58. The van der Waals surface area contributed by atoms with E-state index in [1.807, 2.05) is 25.1 Å². The summed E-state index contributed by atoms with van der Waals surface area (Å²) in [6.07, 6.45) is 0. The number of nitrogens with one attached hydrogen (secondary N) is 1. The van der Waals surface area contributed by atoms with E-state index in [0.29, 0.717) is 49.0 Å². The van der Waals surface area contributed by atoms with Crippen molar-refractivity contribution < 1.29 is 13.3 Å². The molecule has 1 aromatic carbocycles. The minimum atomic E-state index is -3.55. The van der Waals surface area contributed by atoms with Gasteiger partial charge in [0.25, 0.3) is 5.56 Å². The van der Waals surface area contributed by atoms with Crippen LogP contribution < -0.4 is 10.5 Å². The number of sulfonamides is 1. The highest BCUT2D eigenvalue weighted by atomic mass is 32.2. The van der Waals surface area contributed by atoms with Crippen LogP contribution in [0.5, 0.6) is 0 Å². The SMILES string of the molecule is Cc1ccc(C)c(S(=O)(=O)N2CC[NH+](Cn3nc(C)c(C)c(C#N)c3=O)CC2)c1. The highest BCUT2D eigenvalue weighted by molar-refractivity contribution is 7.89. The number of aromatic nitrogens is 2. The van der Waals surface area contributed by atoms with Crippen LogP contribution in [0.15, 0.2) is 27.9 Å². The summed E-state index contributed by atoms with van der Waals surface area (Å²) >= 11 is 0. The maximum atomic E-state index is 13.1. The zero-order valence-corrected chi connectivity index (χ0v) is 18.0. The van der Waals surface area contributed by atoms with Gasteiger partial charge in [0.05, 0.1) is 36.8 Å². The topological polar surface area (TPSA) is 100 Å². The molecular formula is C20H26N5O3S+. The first-order valence-corrected chi connectivity index (χ1v) is 11.0. The van der Waals surface area contributed by atoms with Crippen LogP contribution >= 0.6 is 0 Å². The summed E-state index contributed by atoms with van der Waals surface area (Å²) in [6.45, 7) is 9.35. The number of benzene rings is 1. The number of rotatable bonds is 4. The van der Waals surface area contributed by atoms with Crippen molar-refractivity contribution in [1.82, 2.24) is 14.1 Å². The minimum Gasteiger partial charge on any atom is -0.314 e. The summed E-state index contributed by atoms with van der Waals surface area (Å²) in [5.74, 6) is 0. The van der Waals surface area contributed by atoms with Gasteiger partial charge in [-0.25, -0.2) is 8.42 Å². The molecule has 2 heterocycles. The molecule has 1 aliphatic heterocycles. The molecule has 3 rings (SSSR count). The van der Waals surface area contributed by atoms with E-state index in [0.717, 1.165) is 16.0 Å². The molecule has 0 aliphatic carbocycles. The van der Waals surface area contributed by atoms with Crippen molar-refractivity contribution in [2.24, 2.45) is 0 Å². The van der Waals surface area contributed by atoms with Gasteiger partial charge in [-0.3, -0.25) is 4.79 Å². The van der Waals surface area contributed by atoms with Gasteiger partial charge >= 0.3 is 0 Å². The standard InChI is InChI=1S/C20H25N5O3S/c1-14-5-6-15(2)19(11-14)29(27,28)24-9-7-23(8-10-24)13-25-20(26)18(12-21)16(3)17(4)22-25/h5-6,11H,7-10,13H2,1-4H3/p+1. The van der Waals surface area contributed by atoms with Crippen LogP contribution in [0.4, 0.5) is 0 Å². The summed E-state index contributed by atoms with van der Waals surface area (Å²) in [6, 6.07) is 7.41. The van der Waals surface area contributed by atoms with Gasteiger partial charge in [0, 0.05) is 0 Å². The first-order valence-electron chi connectivity index (χ1n) is 9.54. The van der Waals surface area contributed by atoms with Gasteiger partial charge in [0.1, 0.15) is 11.6 Å². The third-order valence-electron chi connectivity index (χ3n) is 5.51. The molecule has 0 radical (unpaired) electrons. The summed E-state index contributed by atoms with van der Waals surface area (Å²) < 4.78 is 29.0. The molecule has 1 aromatic heterocycles. The summed E-state index contributed by atoms with van der Waals surface area (Å²) in [7, 11) is -3.55. The van der Waals surface area contributed by atoms with Crippen molar-refractivity contribution in [3.63, 3.8) is 0 Å². The zero-order valence-electron chi connectivity index (χ0n) is 17.2. The van der Waals surface area contributed by atoms with Crippen molar-refractivity contribution in [2.45, 2.75) is 39.3 Å². The van der Waals surface area contributed by atoms with Crippen LogP contribution in [0, 0.1) is 39.0 Å². The molecule has 0 saturated carbocycles. The molecular weight excluding hydrogens is 390 g/mol. The Balaban J connectivity index is 1.75. The van der Waals surface area contributed by atoms with Crippen LogP contribution in [0.25, 0.3) is 0 Å². The Bertz CT molecular complexity index is 1140. The average Bonchev–Trinajstić information content (AvgIpc) is 2.69. The third kappa shape index (κ3) is 4.10. The van der Waals surface area contributed by atoms with E-state index in [1.54, 1.807) is 26.8 Å². The first kappa shape index (κ1) is 21.2. The fraction of sp³-hybridized carbons (Fsp3) is 0.450. The largest absolute Gasteiger partial charge is 0.314 e. The Labute approximate surface area is 171 Å². The molecule has 0 bridgehead atoms. The summed E-state index contributed by atoms with van der Waals surface area (Å²) in [4.78, 5) is 13.9. The van der Waals surface area contributed by atoms with Crippen molar-refractivity contribution >= 4 is 10.0 Å². The number of nitrogens with zero attached hydrogens (tertiary/aromatic N) is 4. The molecule has 1 saturated heterocycles. The molecule has 2 aromatic rings. The lowest BCUT2D eigenvalue weighted by atomic mass is 10.1. The van der Waals surface area contributed by atoms with Gasteiger partial charge in [-0.15, -0.1) is 0 Å². The number of hydrogen-bond donors (Lipinski definition) is 1. The highest BCUT2D eigenvalue weighted by Gasteiger charge is 2.31. The zero-order chi connectivity index (χ0) is 21.3. The predicted molar refractivity (Wildman–Crippen MR) is 108 cm³/mol. The third-order valence-corrected chi connectivity index (χ3v) is 7.55. The Morgan fingerprint density at radius 2 is 1.83 bits per heavy atom. The number of hydrogen-bond acceptors (Lipinski definition) is 5. The number of piperazine rings is 1. The Morgan fingerprint density at radius 3 is 2.45 bits per heavy atom. The molecule has 1 fully saturated rings. The number of quaternary nitrogens is 1. The fourth-order valence-electron chi connectivity index (χ4n) is 3.55.